The number of ether oxygens (including phenoxy) is 1. The number of hydrogen-bond donors (Lipinski definition) is 3. The third-order valence-electron chi connectivity index (χ3n) is 6.39. The topological polar surface area (TPSA) is 117 Å². The van der Waals surface area contributed by atoms with Crippen LogP contribution in [-0.2, 0) is 9.53 Å². The third kappa shape index (κ3) is 5.48. The van der Waals surface area contributed by atoms with Crippen molar-refractivity contribution in [3.63, 3.8) is 0 Å². The standard InChI is InChI=1S/C27H36N4O4/c1-16-15-28-22(29-16)23(32)31-20-8-7-19(30-21(20)17-9-11-25(2,3)12-10-17)18-13-26(4,5)35-27(6,14-18)24(33)34/h7-9,15,18H,10-14H2,1-6H3,(H,28,29)(H,31,32)(H,33,34)/i9D,10D2,11D. The van der Waals surface area contributed by atoms with E-state index in [0.717, 1.165) is 0 Å². The highest BCUT2D eigenvalue weighted by molar-refractivity contribution is 6.03. The first-order chi connectivity index (χ1) is 17.9. The quantitative estimate of drug-likeness (QED) is 0.518. The van der Waals surface area contributed by atoms with Crippen LogP contribution in [0.15, 0.2) is 24.4 Å². The maximum absolute atomic E-state index is 13.0. The van der Waals surface area contributed by atoms with Crippen LogP contribution in [0.3, 0.4) is 0 Å². The summed E-state index contributed by atoms with van der Waals surface area (Å²) < 4.78 is 41.1. The van der Waals surface area contributed by atoms with Gasteiger partial charge in [0.25, 0.3) is 5.91 Å². The molecule has 3 N–H and O–H groups in total. The molecule has 4 rings (SSSR count). The number of H-pyrrole nitrogens is 1. The predicted molar refractivity (Wildman–Crippen MR) is 134 cm³/mol. The van der Waals surface area contributed by atoms with E-state index >= 15 is 0 Å². The van der Waals surface area contributed by atoms with Crippen LogP contribution < -0.4 is 5.32 Å². The number of nitrogens with zero attached hydrogens (tertiary/aromatic N) is 2. The minimum Gasteiger partial charge on any atom is -0.479 e. The van der Waals surface area contributed by atoms with Crippen molar-refractivity contribution >= 4 is 23.1 Å². The van der Waals surface area contributed by atoms with Gasteiger partial charge in [-0.1, -0.05) is 19.9 Å². The zero-order valence-electron chi connectivity index (χ0n) is 25.1. The number of carbonyl (C=O) groups is 2. The zero-order chi connectivity index (χ0) is 29.1. The van der Waals surface area contributed by atoms with Gasteiger partial charge in [0.15, 0.2) is 11.4 Å². The van der Waals surface area contributed by atoms with Crippen LogP contribution in [0, 0.1) is 12.3 Å². The summed E-state index contributed by atoms with van der Waals surface area (Å²) in [5, 5.41) is 12.6. The maximum atomic E-state index is 13.0. The molecule has 1 aliphatic carbocycles. The monoisotopic (exact) mass is 484 g/mol. The van der Waals surface area contributed by atoms with Gasteiger partial charge < -0.3 is 20.1 Å². The highest BCUT2D eigenvalue weighted by atomic mass is 16.5. The molecule has 3 heterocycles. The molecule has 0 bridgehead atoms. The van der Waals surface area contributed by atoms with Crippen LogP contribution in [0.25, 0.3) is 5.57 Å². The summed E-state index contributed by atoms with van der Waals surface area (Å²) in [6.45, 7) is 10.4. The Bertz CT molecular complexity index is 1350. The van der Waals surface area contributed by atoms with Gasteiger partial charge in [0.05, 0.1) is 18.4 Å². The summed E-state index contributed by atoms with van der Waals surface area (Å²) in [6.07, 6.45) is -0.897. The van der Waals surface area contributed by atoms with Crippen LogP contribution in [0.2, 0.25) is 0 Å². The van der Waals surface area contributed by atoms with E-state index in [1.54, 1.807) is 32.9 Å². The molecule has 1 amide bonds. The van der Waals surface area contributed by atoms with Crippen molar-refractivity contribution in [2.45, 2.75) is 90.7 Å². The second-order valence-electron chi connectivity index (χ2n) is 11.0. The van der Waals surface area contributed by atoms with Crippen LogP contribution in [0.4, 0.5) is 5.69 Å². The van der Waals surface area contributed by atoms with Crippen LogP contribution >= 0.6 is 0 Å². The number of rotatable bonds is 5. The van der Waals surface area contributed by atoms with Gasteiger partial charge >= 0.3 is 5.97 Å². The van der Waals surface area contributed by atoms with Gasteiger partial charge in [0, 0.05) is 27.6 Å². The van der Waals surface area contributed by atoms with E-state index in [4.69, 9.17) is 15.2 Å². The highest BCUT2D eigenvalue weighted by Gasteiger charge is 2.48. The molecule has 1 fully saturated rings. The number of hydrogen-bond acceptors (Lipinski definition) is 5. The van der Waals surface area contributed by atoms with E-state index in [1.807, 2.05) is 13.8 Å². The number of amides is 1. The molecule has 2 aromatic heterocycles. The summed E-state index contributed by atoms with van der Waals surface area (Å²) >= 11 is 0. The lowest BCUT2D eigenvalue weighted by atomic mass is 9.77. The maximum Gasteiger partial charge on any atom is 0.335 e. The molecule has 8 nitrogen and oxygen atoms in total. The number of aryl methyl sites for hydroxylation is 1. The van der Waals surface area contributed by atoms with Crippen molar-refractivity contribution in [3.8, 4) is 0 Å². The fourth-order valence-corrected chi connectivity index (χ4v) is 4.71. The predicted octanol–water partition coefficient (Wildman–Crippen LogP) is 5.47. The zero-order valence-corrected chi connectivity index (χ0v) is 21.1. The fraction of sp³-hybridized carbons (Fsp3) is 0.556. The molecule has 2 aromatic rings. The number of anilines is 1. The van der Waals surface area contributed by atoms with Gasteiger partial charge in [-0.2, -0.15) is 0 Å². The minimum absolute atomic E-state index is 0.00998. The molecule has 1 aliphatic heterocycles. The molecule has 2 aliphatic rings. The van der Waals surface area contributed by atoms with Crippen molar-refractivity contribution in [3.05, 3.63) is 47.3 Å². The first kappa shape index (κ1) is 20.2. The van der Waals surface area contributed by atoms with Gasteiger partial charge in [0.2, 0.25) is 0 Å². The molecule has 35 heavy (non-hydrogen) atoms. The molecule has 0 aromatic carbocycles. The third-order valence-corrected chi connectivity index (χ3v) is 6.39. The molecule has 188 valence electrons. The van der Waals surface area contributed by atoms with Crippen LogP contribution in [-0.4, -0.2) is 43.1 Å². The Labute approximate surface area is 212 Å². The fourth-order valence-electron chi connectivity index (χ4n) is 4.71. The number of allylic oxidation sites excluding steroid dienone is 2. The summed E-state index contributed by atoms with van der Waals surface area (Å²) in [4.78, 5) is 36.8. The summed E-state index contributed by atoms with van der Waals surface area (Å²) in [7, 11) is 0. The number of imidazole rings is 1. The van der Waals surface area contributed by atoms with E-state index in [-0.39, 0.29) is 47.6 Å². The van der Waals surface area contributed by atoms with Crippen molar-refractivity contribution in [1.82, 2.24) is 15.0 Å². The highest BCUT2D eigenvalue weighted by Crippen LogP contribution is 2.45. The first-order valence-electron chi connectivity index (χ1n) is 13.8. The average molecular weight is 485 g/mol. The van der Waals surface area contributed by atoms with Crippen molar-refractivity contribution in [1.29, 1.82) is 0 Å². The minimum atomic E-state index is -2.00. The van der Waals surface area contributed by atoms with Gasteiger partial charge in [0.1, 0.15) is 0 Å². The summed E-state index contributed by atoms with van der Waals surface area (Å²) in [6, 6.07) is 3.08. The van der Waals surface area contributed by atoms with Crippen LogP contribution in [0.5, 0.6) is 0 Å². The number of nitrogens with one attached hydrogen (secondary N) is 2. The van der Waals surface area contributed by atoms with Crippen molar-refractivity contribution in [2.24, 2.45) is 5.41 Å². The normalized spacial score (nSPS) is 31.0. The lowest BCUT2D eigenvalue weighted by molar-refractivity contribution is -0.200. The Morgan fingerprint density at radius 3 is 2.66 bits per heavy atom. The molecule has 0 saturated carbocycles. The lowest BCUT2D eigenvalue weighted by Crippen LogP contribution is -2.51. The van der Waals surface area contributed by atoms with Gasteiger partial charge in [-0.05, 0) is 82.8 Å². The lowest BCUT2D eigenvalue weighted by Gasteiger charge is -2.44. The number of carbonyl (C=O) groups excluding carboxylic acids is 1. The second-order valence-corrected chi connectivity index (χ2v) is 11.0. The van der Waals surface area contributed by atoms with Gasteiger partial charge in [-0.15, -0.1) is 0 Å². The molecule has 0 spiro atoms. The number of pyridine rings is 1. The number of aromatic nitrogens is 3. The SMILES string of the molecule is [2H]C1=C(c2nc(C3CC(C)(C)OC(C)(C(=O)O)C3)ccc2NC(=O)c2ncc(C)[nH]2)C([2H])([2H])CC(C)(C)C1[2H]. The Morgan fingerprint density at radius 2 is 2.00 bits per heavy atom. The molecular weight excluding hydrogens is 444 g/mol. The molecule has 0 radical (unpaired) electrons. The van der Waals surface area contributed by atoms with Crippen molar-refractivity contribution < 1.29 is 24.9 Å². The number of carboxylic acids is 1. The number of aliphatic carboxylic acids is 1. The molecule has 8 heteroatoms. The smallest absolute Gasteiger partial charge is 0.335 e. The van der Waals surface area contributed by atoms with Gasteiger partial charge in [-0.25, -0.2) is 9.78 Å². The molecule has 3 atom stereocenters. The van der Waals surface area contributed by atoms with Gasteiger partial charge in [-0.3, -0.25) is 9.78 Å². The Hall–Kier alpha value is -3.00. The van der Waals surface area contributed by atoms with Crippen molar-refractivity contribution in [2.75, 3.05) is 5.32 Å². The second kappa shape index (κ2) is 8.90. The van der Waals surface area contributed by atoms with Crippen LogP contribution in [0.1, 0.15) is 106 Å². The molecule has 3 unspecified atom stereocenters. The number of aromatic amines is 1. The molecule has 1 saturated heterocycles. The summed E-state index contributed by atoms with van der Waals surface area (Å²) in [5.74, 6) is -1.93. The Morgan fingerprint density at radius 1 is 1.26 bits per heavy atom. The van der Waals surface area contributed by atoms with E-state index in [9.17, 15) is 14.7 Å². The van der Waals surface area contributed by atoms with E-state index in [0.29, 0.717) is 17.8 Å². The van der Waals surface area contributed by atoms with E-state index in [2.05, 4.69) is 15.3 Å². The van der Waals surface area contributed by atoms with E-state index < -0.39 is 41.3 Å². The van der Waals surface area contributed by atoms with E-state index in [1.165, 1.54) is 13.1 Å². The Kier molecular flexibility index (Phi) is 5.14. The Balaban J connectivity index is 1.87. The summed E-state index contributed by atoms with van der Waals surface area (Å²) in [5.41, 5.74) is -1.62. The number of carboxylic acid groups (broad SMARTS) is 1. The largest absolute Gasteiger partial charge is 0.479 e. The average Bonchev–Trinajstić information content (AvgIpc) is 3.23. The first-order valence-corrected chi connectivity index (χ1v) is 11.8. The molecular formula is C27H36N4O4.